The number of hydrogen-bond donors (Lipinski definition) is 3. The van der Waals surface area contributed by atoms with Crippen LogP contribution in [0.2, 0.25) is 5.02 Å². The molecule has 4 heterocycles. The van der Waals surface area contributed by atoms with Crippen LogP contribution in [-0.4, -0.2) is 103 Å². The molecular formula is C35H44ClN5O10S. The summed E-state index contributed by atoms with van der Waals surface area (Å²) in [4.78, 5) is 71.3. The Labute approximate surface area is 307 Å². The van der Waals surface area contributed by atoms with Crippen LogP contribution in [0, 0.1) is 5.92 Å². The molecule has 5 amide bonds. The molecule has 0 radical (unpaired) electrons. The SMILES string of the molecule is O=C(N[C@H]1CCCCC/C=C/[C@@H]2C[C@@]2(C(=O)NS(=O)(=O)C2CC2)NC(=O)[C@@H]2C[C@@H](OC(=O)N3Cc4ccc(Cl)cc4C3)CN2C1=O)OC1CCOC1. The number of carbonyl (C=O) groups is 5. The van der Waals surface area contributed by atoms with Crippen LogP contribution < -0.4 is 15.4 Å². The van der Waals surface area contributed by atoms with Gasteiger partial charge in [0.25, 0.3) is 5.91 Å². The van der Waals surface area contributed by atoms with Gasteiger partial charge >= 0.3 is 12.2 Å². The summed E-state index contributed by atoms with van der Waals surface area (Å²) in [6.07, 6.45) is 5.62. The predicted octanol–water partition coefficient (Wildman–Crippen LogP) is 2.65. The molecule has 2 saturated carbocycles. The normalized spacial score (nSPS) is 31.2. The number of alkyl carbamates (subject to hydrolysis) is 1. The quantitative estimate of drug-likeness (QED) is 0.364. The van der Waals surface area contributed by atoms with Crippen LogP contribution >= 0.6 is 11.6 Å². The first kappa shape index (κ1) is 36.5. The molecule has 1 aromatic rings. The number of sulfonamides is 1. The van der Waals surface area contributed by atoms with E-state index < -0.39 is 80.9 Å². The van der Waals surface area contributed by atoms with E-state index in [1.54, 1.807) is 12.1 Å². The Bertz CT molecular complexity index is 1750. The van der Waals surface area contributed by atoms with Crippen molar-refractivity contribution >= 4 is 51.5 Å². The Morgan fingerprint density at radius 2 is 1.81 bits per heavy atom. The lowest BCUT2D eigenvalue weighted by molar-refractivity contribution is -0.141. The van der Waals surface area contributed by atoms with Crippen molar-refractivity contribution in [1.82, 2.24) is 25.2 Å². The van der Waals surface area contributed by atoms with Gasteiger partial charge in [0, 0.05) is 36.9 Å². The first-order valence-electron chi connectivity index (χ1n) is 18.0. The number of fused-ring (bicyclic) bond motifs is 3. The second-order valence-electron chi connectivity index (χ2n) is 14.6. The molecule has 2 aliphatic carbocycles. The summed E-state index contributed by atoms with van der Waals surface area (Å²) in [5, 5.41) is 5.42. The Morgan fingerprint density at radius 3 is 2.58 bits per heavy atom. The number of hydrogen-bond acceptors (Lipinski definition) is 10. The zero-order valence-electron chi connectivity index (χ0n) is 28.7. The molecule has 17 heteroatoms. The lowest BCUT2D eigenvalue weighted by atomic mass is 10.0. The largest absolute Gasteiger partial charge is 0.444 e. The molecule has 0 spiro atoms. The van der Waals surface area contributed by atoms with Gasteiger partial charge in [-0.15, -0.1) is 0 Å². The van der Waals surface area contributed by atoms with Crippen molar-refractivity contribution in [2.24, 2.45) is 5.92 Å². The second kappa shape index (κ2) is 14.9. The van der Waals surface area contributed by atoms with Gasteiger partial charge in [-0.1, -0.05) is 42.7 Å². The average Bonchev–Trinajstić information content (AvgIpc) is 3.89. The van der Waals surface area contributed by atoms with Gasteiger partial charge in [-0.2, -0.15) is 0 Å². The third-order valence-electron chi connectivity index (χ3n) is 10.7. The van der Waals surface area contributed by atoms with Crippen molar-refractivity contribution in [3.63, 3.8) is 0 Å². The molecule has 0 aromatic heterocycles. The molecule has 6 atom stereocenters. The third kappa shape index (κ3) is 8.03. The highest BCUT2D eigenvalue weighted by molar-refractivity contribution is 7.91. The Hall–Kier alpha value is -3.89. The summed E-state index contributed by atoms with van der Waals surface area (Å²) >= 11 is 6.15. The number of amides is 5. The van der Waals surface area contributed by atoms with Gasteiger partial charge in [0.2, 0.25) is 21.8 Å². The number of halogens is 1. The first-order chi connectivity index (χ1) is 24.9. The van der Waals surface area contributed by atoms with Crippen molar-refractivity contribution in [2.75, 3.05) is 19.8 Å². The fraction of sp³-hybridized carbons (Fsp3) is 0.629. The number of carbonyl (C=O) groups excluding carboxylic acids is 5. The summed E-state index contributed by atoms with van der Waals surface area (Å²) in [5.41, 5.74) is 0.288. The maximum absolute atomic E-state index is 14.3. The summed E-state index contributed by atoms with van der Waals surface area (Å²) in [5.74, 6) is -2.53. The van der Waals surface area contributed by atoms with E-state index in [1.807, 2.05) is 18.2 Å². The third-order valence-corrected chi connectivity index (χ3v) is 12.8. The Morgan fingerprint density at radius 1 is 1.00 bits per heavy atom. The van der Waals surface area contributed by atoms with E-state index >= 15 is 0 Å². The van der Waals surface area contributed by atoms with E-state index in [0.717, 1.165) is 24.0 Å². The standard InChI is InChI=1S/C35H44ClN5O10S/c36-24-9-8-21-17-40(18-22(21)14-24)34(46)51-26-15-29-30(42)38-35(32(44)39-52(47,48)27-10-11-27)16-23(35)6-4-2-1-3-5-7-28(31(43)41(29)19-26)37-33(45)50-25-12-13-49-20-25/h4,6,8-9,14,23,25-29H,1-3,5,7,10-13,15-20H2,(H,37,45)(H,38,42)(H,39,44)/b6-4+/t23-,25?,26-,28+,29+,35-/m1/s1. The molecule has 6 aliphatic rings. The molecule has 52 heavy (non-hydrogen) atoms. The zero-order chi connectivity index (χ0) is 36.6. The van der Waals surface area contributed by atoms with Crippen LogP contribution in [0.1, 0.15) is 75.3 Å². The minimum Gasteiger partial charge on any atom is -0.444 e. The summed E-state index contributed by atoms with van der Waals surface area (Å²) in [6.45, 7) is 1.17. The van der Waals surface area contributed by atoms with Gasteiger partial charge in [-0.3, -0.25) is 24.0 Å². The van der Waals surface area contributed by atoms with E-state index in [0.29, 0.717) is 50.3 Å². The molecule has 282 valence electrons. The molecular weight excluding hydrogens is 718 g/mol. The van der Waals surface area contributed by atoms with E-state index in [2.05, 4.69) is 15.4 Å². The second-order valence-corrected chi connectivity index (χ2v) is 17.0. The van der Waals surface area contributed by atoms with Crippen LogP contribution in [0.3, 0.4) is 0 Å². The molecule has 2 saturated heterocycles. The minimum atomic E-state index is -3.91. The highest BCUT2D eigenvalue weighted by Gasteiger charge is 2.62. The molecule has 3 N–H and O–H groups in total. The van der Waals surface area contributed by atoms with Crippen LogP contribution in [0.4, 0.5) is 9.59 Å². The molecule has 1 unspecified atom stereocenters. The summed E-state index contributed by atoms with van der Waals surface area (Å²) < 4.78 is 44.4. The van der Waals surface area contributed by atoms with Gasteiger partial charge in [0.05, 0.1) is 25.0 Å². The number of allylic oxidation sites excluding steroid dienone is 1. The molecule has 4 fully saturated rings. The van der Waals surface area contributed by atoms with Crippen molar-refractivity contribution < 1.29 is 46.6 Å². The van der Waals surface area contributed by atoms with Crippen LogP contribution in [-0.2, 0) is 51.7 Å². The van der Waals surface area contributed by atoms with Gasteiger partial charge in [0.1, 0.15) is 29.8 Å². The summed E-state index contributed by atoms with van der Waals surface area (Å²) in [6, 6.07) is 3.15. The molecule has 1 aromatic carbocycles. The first-order valence-corrected chi connectivity index (χ1v) is 20.0. The topological polar surface area (TPSA) is 190 Å². The number of benzene rings is 1. The van der Waals surface area contributed by atoms with E-state index in [4.69, 9.17) is 25.8 Å². The van der Waals surface area contributed by atoms with Crippen LogP contribution in [0.25, 0.3) is 0 Å². The Kier molecular flexibility index (Phi) is 10.4. The zero-order valence-corrected chi connectivity index (χ0v) is 30.3. The molecule has 0 bridgehead atoms. The lowest BCUT2D eigenvalue weighted by Gasteiger charge is -2.30. The maximum Gasteiger partial charge on any atom is 0.410 e. The maximum atomic E-state index is 14.3. The number of ether oxygens (including phenoxy) is 3. The smallest absolute Gasteiger partial charge is 0.410 e. The van der Waals surface area contributed by atoms with E-state index in [-0.39, 0.29) is 39.0 Å². The van der Waals surface area contributed by atoms with Gasteiger partial charge < -0.3 is 29.7 Å². The van der Waals surface area contributed by atoms with Crippen LogP contribution in [0.5, 0.6) is 0 Å². The number of nitrogens with zero attached hydrogens (tertiary/aromatic N) is 2. The van der Waals surface area contributed by atoms with Crippen molar-refractivity contribution in [1.29, 1.82) is 0 Å². The fourth-order valence-electron chi connectivity index (χ4n) is 7.49. The lowest BCUT2D eigenvalue weighted by Crippen LogP contribution is -2.58. The van der Waals surface area contributed by atoms with Gasteiger partial charge in [-0.05, 0) is 61.8 Å². The summed E-state index contributed by atoms with van der Waals surface area (Å²) in [7, 11) is -3.91. The monoisotopic (exact) mass is 761 g/mol. The number of nitrogens with one attached hydrogen (secondary N) is 3. The highest BCUT2D eigenvalue weighted by Crippen LogP contribution is 2.46. The molecule has 4 aliphatic heterocycles. The van der Waals surface area contributed by atoms with Crippen molar-refractivity contribution in [3.05, 3.63) is 46.5 Å². The Balaban J connectivity index is 1.12. The van der Waals surface area contributed by atoms with Gasteiger partial charge in [-0.25, -0.2) is 18.0 Å². The minimum absolute atomic E-state index is 0.0783. The molecule has 15 nitrogen and oxygen atoms in total. The highest BCUT2D eigenvalue weighted by atomic mass is 35.5. The fourth-order valence-corrected chi connectivity index (χ4v) is 9.05. The van der Waals surface area contributed by atoms with Crippen molar-refractivity contribution in [3.8, 4) is 0 Å². The van der Waals surface area contributed by atoms with E-state index in [1.165, 1.54) is 9.80 Å². The number of rotatable bonds is 6. The van der Waals surface area contributed by atoms with E-state index in [9.17, 15) is 32.4 Å². The van der Waals surface area contributed by atoms with Gasteiger partial charge in [0.15, 0.2) is 0 Å². The van der Waals surface area contributed by atoms with Crippen molar-refractivity contribution in [2.45, 2.75) is 112 Å². The average molecular weight is 762 g/mol. The van der Waals surface area contributed by atoms with Crippen LogP contribution in [0.15, 0.2) is 30.4 Å². The predicted molar refractivity (Wildman–Crippen MR) is 185 cm³/mol. The molecule has 7 rings (SSSR count).